The number of hydrogen-bond donors (Lipinski definition) is 5. The van der Waals surface area contributed by atoms with Crippen LogP contribution in [0.4, 0.5) is 11.4 Å². The normalized spacial score (nSPS) is 11.6. The maximum atomic E-state index is 12.2. The predicted molar refractivity (Wildman–Crippen MR) is 102 cm³/mol. The lowest BCUT2D eigenvalue weighted by atomic mass is 10.1. The van der Waals surface area contributed by atoms with Crippen LogP contribution in [0.15, 0.2) is 23.2 Å². The molecular weight excluding hydrogens is 354 g/mol. The topological polar surface area (TPSA) is 192 Å². The van der Waals surface area contributed by atoms with Crippen molar-refractivity contribution in [3.05, 3.63) is 33.9 Å². The second-order valence-electron chi connectivity index (χ2n) is 6.16. The van der Waals surface area contributed by atoms with Gasteiger partial charge in [0, 0.05) is 24.3 Å². The third-order valence-corrected chi connectivity index (χ3v) is 3.43. The van der Waals surface area contributed by atoms with E-state index in [9.17, 15) is 19.7 Å². The molecule has 0 fully saturated rings. The Hall–Kier alpha value is -3.21. The van der Waals surface area contributed by atoms with Gasteiger partial charge in [0.05, 0.1) is 11.0 Å². The van der Waals surface area contributed by atoms with Crippen LogP contribution in [0.2, 0.25) is 0 Å². The second-order valence-corrected chi connectivity index (χ2v) is 6.16. The molecule has 1 aromatic rings. The molecule has 2 amide bonds. The van der Waals surface area contributed by atoms with E-state index in [1.807, 2.05) is 0 Å². The Labute approximate surface area is 156 Å². The van der Waals surface area contributed by atoms with Crippen LogP contribution in [0.3, 0.4) is 0 Å². The Kier molecular flexibility index (Phi) is 8.14. The highest BCUT2D eigenvalue weighted by atomic mass is 16.6. The van der Waals surface area contributed by atoms with Gasteiger partial charge in [-0.1, -0.05) is 0 Å². The van der Waals surface area contributed by atoms with Gasteiger partial charge in [-0.15, -0.1) is 0 Å². The fraction of sp³-hybridized carbons (Fsp3) is 0.438. The Morgan fingerprint density at radius 2 is 1.96 bits per heavy atom. The Balaban J connectivity index is 2.85. The zero-order valence-electron chi connectivity index (χ0n) is 15.3. The van der Waals surface area contributed by atoms with Crippen molar-refractivity contribution in [1.82, 2.24) is 5.32 Å². The van der Waals surface area contributed by atoms with Crippen LogP contribution in [0.1, 0.15) is 37.0 Å². The summed E-state index contributed by atoms with van der Waals surface area (Å²) >= 11 is 0. The lowest BCUT2D eigenvalue weighted by Crippen LogP contribution is -2.36. The number of benzene rings is 1. The summed E-state index contributed by atoms with van der Waals surface area (Å²) in [5.74, 6) is -1.12. The summed E-state index contributed by atoms with van der Waals surface area (Å²) in [6, 6.07) is 2.74. The average molecular weight is 379 g/mol. The molecule has 27 heavy (non-hydrogen) atoms. The van der Waals surface area contributed by atoms with Crippen molar-refractivity contribution in [3.63, 3.8) is 0 Å². The zero-order chi connectivity index (χ0) is 20.6. The molecule has 0 radical (unpaired) electrons. The summed E-state index contributed by atoms with van der Waals surface area (Å²) in [6.45, 7) is 3.81. The molecule has 0 heterocycles. The third-order valence-electron chi connectivity index (χ3n) is 3.43. The van der Waals surface area contributed by atoms with Gasteiger partial charge in [0.1, 0.15) is 5.56 Å². The first-order valence-corrected chi connectivity index (χ1v) is 8.33. The van der Waals surface area contributed by atoms with Crippen LogP contribution in [-0.2, 0) is 4.79 Å². The fourth-order valence-electron chi connectivity index (χ4n) is 2.18. The minimum atomic E-state index is -0.817. The first kappa shape index (κ1) is 21.8. The molecule has 148 valence electrons. The Morgan fingerprint density at radius 1 is 1.30 bits per heavy atom. The summed E-state index contributed by atoms with van der Waals surface area (Å²) in [5, 5.41) is 16.3. The second kappa shape index (κ2) is 10.1. The van der Waals surface area contributed by atoms with Gasteiger partial charge in [-0.3, -0.25) is 24.7 Å². The summed E-state index contributed by atoms with van der Waals surface area (Å²) < 4.78 is 0. The molecule has 0 spiro atoms. The van der Waals surface area contributed by atoms with Gasteiger partial charge >= 0.3 is 0 Å². The molecular formula is C16H25N7O4. The van der Waals surface area contributed by atoms with Crippen molar-refractivity contribution in [2.75, 3.05) is 11.9 Å². The molecule has 1 unspecified atom stereocenters. The van der Waals surface area contributed by atoms with Crippen LogP contribution in [-0.4, -0.2) is 41.3 Å². The number of nitrogens with zero attached hydrogens (tertiary/aromatic N) is 2. The number of nitrogens with two attached hydrogens (primary N) is 3. The SMILES string of the molecule is CC(C)NC(=O)c1cc(NC(=O)C(N)CCCN=C(N)N)ccc1[N+](=O)[O-]. The van der Waals surface area contributed by atoms with E-state index in [0.717, 1.165) is 6.07 Å². The molecule has 1 atom stereocenters. The maximum Gasteiger partial charge on any atom is 0.282 e. The van der Waals surface area contributed by atoms with E-state index in [2.05, 4.69) is 15.6 Å². The van der Waals surface area contributed by atoms with Crippen LogP contribution in [0, 0.1) is 10.1 Å². The molecule has 0 saturated heterocycles. The number of nitro groups is 1. The number of anilines is 1. The molecule has 8 N–H and O–H groups in total. The van der Waals surface area contributed by atoms with Crippen LogP contribution < -0.4 is 27.8 Å². The Morgan fingerprint density at radius 3 is 2.52 bits per heavy atom. The minimum absolute atomic E-state index is 0.0360. The van der Waals surface area contributed by atoms with Crippen LogP contribution >= 0.6 is 0 Å². The summed E-state index contributed by atoms with van der Waals surface area (Å²) in [7, 11) is 0. The van der Waals surface area contributed by atoms with Gasteiger partial charge in [-0.05, 0) is 38.8 Å². The summed E-state index contributed by atoms with van der Waals surface area (Å²) in [5.41, 5.74) is 16.0. The first-order chi connectivity index (χ1) is 12.6. The van der Waals surface area contributed by atoms with Crippen molar-refractivity contribution in [2.24, 2.45) is 22.2 Å². The average Bonchev–Trinajstić information content (AvgIpc) is 2.57. The van der Waals surface area contributed by atoms with Gasteiger partial charge in [0.25, 0.3) is 11.6 Å². The van der Waals surface area contributed by atoms with Crippen LogP contribution in [0.5, 0.6) is 0 Å². The minimum Gasteiger partial charge on any atom is -0.370 e. The molecule has 11 heteroatoms. The van der Waals surface area contributed by atoms with Gasteiger partial charge in [-0.25, -0.2) is 0 Å². The van der Waals surface area contributed by atoms with E-state index < -0.39 is 22.8 Å². The van der Waals surface area contributed by atoms with Crippen molar-refractivity contribution in [2.45, 2.75) is 38.8 Å². The zero-order valence-corrected chi connectivity index (χ0v) is 15.3. The first-order valence-electron chi connectivity index (χ1n) is 8.33. The molecule has 0 saturated carbocycles. The number of nitro benzene ring substituents is 1. The Bertz CT molecular complexity index is 729. The monoisotopic (exact) mass is 379 g/mol. The van der Waals surface area contributed by atoms with Crippen molar-refractivity contribution < 1.29 is 14.5 Å². The lowest BCUT2D eigenvalue weighted by molar-refractivity contribution is -0.385. The molecule has 11 nitrogen and oxygen atoms in total. The standard InChI is InChI=1S/C16H25N7O4/c1-9(2)21-14(24)11-8-10(5-6-13(11)23(26)27)22-15(25)12(17)4-3-7-20-16(18)19/h5-6,8-9,12H,3-4,7,17H2,1-2H3,(H,21,24)(H,22,25)(H4,18,19,20). The van der Waals surface area contributed by atoms with Gasteiger partial charge in [-0.2, -0.15) is 0 Å². The van der Waals surface area contributed by atoms with Gasteiger partial charge < -0.3 is 27.8 Å². The number of hydrogen-bond acceptors (Lipinski definition) is 6. The summed E-state index contributed by atoms with van der Waals surface area (Å²) in [4.78, 5) is 38.6. The van der Waals surface area contributed by atoms with E-state index in [4.69, 9.17) is 17.2 Å². The fourth-order valence-corrected chi connectivity index (χ4v) is 2.18. The molecule has 0 aliphatic carbocycles. The summed E-state index contributed by atoms with van der Waals surface area (Å²) in [6.07, 6.45) is 0.852. The molecule has 0 aliphatic heterocycles. The molecule has 0 bridgehead atoms. The predicted octanol–water partition coefficient (Wildman–Crippen LogP) is 0.0524. The third kappa shape index (κ3) is 7.28. The molecule has 1 rings (SSSR count). The van der Waals surface area contributed by atoms with E-state index in [1.54, 1.807) is 13.8 Å². The largest absolute Gasteiger partial charge is 0.370 e. The van der Waals surface area contributed by atoms with E-state index >= 15 is 0 Å². The van der Waals surface area contributed by atoms with Gasteiger partial charge in [0.2, 0.25) is 5.91 Å². The quantitative estimate of drug-likeness (QED) is 0.131. The highest BCUT2D eigenvalue weighted by Crippen LogP contribution is 2.23. The number of carbonyl (C=O) groups is 2. The highest BCUT2D eigenvalue weighted by molar-refractivity contribution is 6.01. The number of rotatable bonds is 9. The molecule has 0 aliphatic rings. The van der Waals surface area contributed by atoms with E-state index in [-0.39, 0.29) is 28.9 Å². The number of amides is 2. The van der Waals surface area contributed by atoms with Crippen molar-refractivity contribution in [3.8, 4) is 0 Å². The van der Waals surface area contributed by atoms with Crippen molar-refractivity contribution >= 4 is 29.1 Å². The van der Waals surface area contributed by atoms with E-state index in [1.165, 1.54) is 12.1 Å². The number of aliphatic imine (C=N–C) groups is 1. The smallest absolute Gasteiger partial charge is 0.282 e. The number of guanidine groups is 1. The number of carbonyl (C=O) groups excluding carboxylic acids is 2. The maximum absolute atomic E-state index is 12.2. The molecule has 1 aromatic carbocycles. The van der Waals surface area contributed by atoms with Gasteiger partial charge in [0.15, 0.2) is 5.96 Å². The number of nitrogens with one attached hydrogen (secondary N) is 2. The highest BCUT2D eigenvalue weighted by Gasteiger charge is 2.22. The van der Waals surface area contributed by atoms with Crippen LogP contribution in [0.25, 0.3) is 0 Å². The molecule has 0 aromatic heterocycles. The van der Waals surface area contributed by atoms with E-state index in [0.29, 0.717) is 19.4 Å². The van der Waals surface area contributed by atoms with Crippen molar-refractivity contribution in [1.29, 1.82) is 0 Å². The lowest BCUT2D eigenvalue weighted by Gasteiger charge is -2.13.